The minimum Gasteiger partial charge on any atom is -0.457 e. The number of carbonyl (C=O) groups excluding carboxylic acids is 1. The fraction of sp³-hybridized carbons (Fsp3) is 0.136. The van der Waals surface area contributed by atoms with Gasteiger partial charge in [0, 0.05) is 40.8 Å². The van der Waals surface area contributed by atoms with Crippen LogP contribution in [0, 0.1) is 0 Å². The van der Waals surface area contributed by atoms with E-state index in [0.29, 0.717) is 17.2 Å². The van der Waals surface area contributed by atoms with Crippen LogP contribution in [-0.2, 0) is 4.79 Å². The van der Waals surface area contributed by atoms with Gasteiger partial charge in [0.25, 0.3) is 5.91 Å². The summed E-state index contributed by atoms with van der Waals surface area (Å²) in [6, 6.07) is 18.9. The molecule has 28 heavy (non-hydrogen) atoms. The number of carbonyl (C=O) groups is 1. The molecule has 142 valence electrons. The summed E-state index contributed by atoms with van der Waals surface area (Å²) in [5, 5.41) is 7.92. The molecule has 0 aliphatic rings. The maximum atomic E-state index is 13.0. The molecule has 1 atom stereocenters. The van der Waals surface area contributed by atoms with E-state index in [1.807, 2.05) is 31.3 Å². The Morgan fingerprint density at radius 2 is 1.54 bits per heavy atom. The van der Waals surface area contributed by atoms with Gasteiger partial charge in [-0.25, -0.2) is 4.39 Å². The Kier molecular flexibility index (Phi) is 4.61. The number of aromatic amines is 1. The molecular formula is C22H20FN3O2. The van der Waals surface area contributed by atoms with Gasteiger partial charge in [-0.2, -0.15) is 0 Å². The predicted octanol–water partition coefficient (Wildman–Crippen LogP) is 5.45. The first kappa shape index (κ1) is 17.9. The maximum Gasteiger partial charge on any atom is 0.258 e. The Morgan fingerprint density at radius 1 is 0.929 bits per heavy atom. The summed E-state index contributed by atoms with van der Waals surface area (Å²) in [5.74, 6) is 0.653. The van der Waals surface area contributed by atoms with Crippen LogP contribution < -0.4 is 15.4 Å². The molecule has 1 aromatic heterocycles. The Bertz CT molecular complexity index is 1150. The lowest BCUT2D eigenvalue weighted by molar-refractivity contribution is -0.120. The fourth-order valence-corrected chi connectivity index (χ4v) is 3.09. The summed E-state index contributed by atoms with van der Waals surface area (Å²) in [6.07, 6.45) is -1.55. The van der Waals surface area contributed by atoms with Gasteiger partial charge in [-0.05, 0) is 55.5 Å². The Labute approximate surface area is 161 Å². The van der Waals surface area contributed by atoms with Crippen LogP contribution in [0.25, 0.3) is 21.8 Å². The molecule has 0 fully saturated rings. The number of ether oxygens (including phenoxy) is 1. The van der Waals surface area contributed by atoms with E-state index in [1.165, 1.54) is 6.92 Å². The molecule has 1 unspecified atom stereocenters. The molecule has 0 saturated carbocycles. The summed E-state index contributed by atoms with van der Waals surface area (Å²) in [6.45, 7) is 1.20. The second-order valence-electron chi connectivity index (χ2n) is 6.57. The van der Waals surface area contributed by atoms with Gasteiger partial charge in [-0.3, -0.25) is 4.79 Å². The molecule has 3 aromatic carbocycles. The van der Waals surface area contributed by atoms with Crippen LogP contribution in [0.2, 0.25) is 0 Å². The second kappa shape index (κ2) is 7.23. The zero-order chi connectivity index (χ0) is 19.7. The molecule has 1 amide bonds. The summed E-state index contributed by atoms with van der Waals surface area (Å²) < 4.78 is 18.9. The van der Waals surface area contributed by atoms with Gasteiger partial charge < -0.3 is 20.4 Å². The van der Waals surface area contributed by atoms with Crippen LogP contribution in [0.15, 0.2) is 60.7 Å². The van der Waals surface area contributed by atoms with Gasteiger partial charge in [-0.15, -0.1) is 0 Å². The van der Waals surface area contributed by atoms with E-state index < -0.39 is 12.1 Å². The first-order chi connectivity index (χ1) is 13.5. The van der Waals surface area contributed by atoms with Crippen molar-refractivity contribution in [2.45, 2.75) is 13.1 Å². The smallest absolute Gasteiger partial charge is 0.258 e. The highest BCUT2D eigenvalue weighted by Gasteiger charge is 2.11. The minimum absolute atomic E-state index is 0.522. The molecule has 0 saturated heterocycles. The van der Waals surface area contributed by atoms with Crippen LogP contribution in [0.4, 0.5) is 15.8 Å². The quantitative estimate of drug-likeness (QED) is 0.433. The number of H-pyrrole nitrogens is 1. The molecule has 4 aromatic rings. The summed E-state index contributed by atoms with van der Waals surface area (Å²) in [4.78, 5) is 14.8. The zero-order valence-corrected chi connectivity index (χ0v) is 15.5. The first-order valence-electron chi connectivity index (χ1n) is 8.99. The third-order valence-electron chi connectivity index (χ3n) is 4.58. The average molecular weight is 377 g/mol. The summed E-state index contributed by atoms with van der Waals surface area (Å²) in [7, 11) is 1.89. The van der Waals surface area contributed by atoms with Crippen molar-refractivity contribution in [3.8, 4) is 11.5 Å². The third kappa shape index (κ3) is 3.49. The molecular weight excluding hydrogens is 357 g/mol. The van der Waals surface area contributed by atoms with E-state index in [4.69, 9.17) is 4.74 Å². The normalized spacial score (nSPS) is 12.1. The van der Waals surface area contributed by atoms with E-state index >= 15 is 0 Å². The van der Waals surface area contributed by atoms with E-state index in [0.717, 1.165) is 27.5 Å². The number of benzene rings is 3. The van der Waals surface area contributed by atoms with E-state index in [2.05, 4.69) is 27.8 Å². The van der Waals surface area contributed by atoms with Crippen LogP contribution in [-0.4, -0.2) is 24.1 Å². The zero-order valence-electron chi connectivity index (χ0n) is 15.5. The molecule has 0 radical (unpaired) electrons. The number of hydrogen-bond acceptors (Lipinski definition) is 3. The van der Waals surface area contributed by atoms with Gasteiger partial charge in [0.05, 0.1) is 5.52 Å². The van der Waals surface area contributed by atoms with Crippen molar-refractivity contribution in [2.24, 2.45) is 0 Å². The van der Waals surface area contributed by atoms with Crippen molar-refractivity contribution < 1.29 is 13.9 Å². The average Bonchev–Trinajstić information content (AvgIpc) is 3.06. The number of hydrogen-bond donors (Lipinski definition) is 3. The molecule has 3 N–H and O–H groups in total. The number of rotatable bonds is 5. The van der Waals surface area contributed by atoms with Crippen molar-refractivity contribution in [2.75, 3.05) is 17.7 Å². The molecule has 1 heterocycles. The number of amides is 1. The number of anilines is 2. The van der Waals surface area contributed by atoms with Gasteiger partial charge in [0.2, 0.25) is 0 Å². The molecule has 0 spiro atoms. The van der Waals surface area contributed by atoms with E-state index in [1.54, 1.807) is 24.3 Å². The van der Waals surface area contributed by atoms with Crippen molar-refractivity contribution >= 4 is 39.1 Å². The lowest BCUT2D eigenvalue weighted by Crippen LogP contribution is -2.20. The van der Waals surface area contributed by atoms with Crippen LogP contribution in [0.1, 0.15) is 6.92 Å². The maximum absolute atomic E-state index is 13.0. The number of alkyl halides is 1. The lowest BCUT2D eigenvalue weighted by Gasteiger charge is -2.08. The van der Waals surface area contributed by atoms with Crippen LogP contribution in [0.5, 0.6) is 11.5 Å². The van der Waals surface area contributed by atoms with Crippen molar-refractivity contribution in [1.29, 1.82) is 0 Å². The predicted molar refractivity (Wildman–Crippen MR) is 111 cm³/mol. The van der Waals surface area contributed by atoms with E-state index in [-0.39, 0.29) is 0 Å². The van der Waals surface area contributed by atoms with Crippen LogP contribution >= 0.6 is 0 Å². The highest BCUT2D eigenvalue weighted by atomic mass is 19.1. The highest BCUT2D eigenvalue weighted by molar-refractivity contribution is 6.08. The molecule has 4 rings (SSSR count). The number of nitrogens with one attached hydrogen (secondary N) is 3. The van der Waals surface area contributed by atoms with Crippen molar-refractivity contribution in [3.05, 3.63) is 60.7 Å². The first-order valence-corrected chi connectivity index (χ1v) is 8.99. The lowest BCUT2D eigenvalue weighted by atomic mass is 10.1. The number of aromatic nitrogens is 1. The summed E-state index contributed by atoms with van der Waals surface area (Å²) in [5.41, 5.74) is 3.61. The Hall–Kier alpha value is -3.54. The minimum atomic E-state index is -1.55. The van der Waals surface area contributed by atoms with Crippen molar-refractivity contribution in [3.63, 3.8) is 0 Å². The number of fused-ring (bicyclic) bond motifs is 3. The SMILES string of the molecule is CNc1ccc2c(c1)[nH]c1cc(Oc3ccc(NC(=O)C(C)F)cc3)ccc12. The fourth-order valence-electron chi connectivity index (χ4n) is 3.09. The monoisotopic (exact) mass is 377 g/mol. The topological polar surface area (TPSA) is 66.2 Å². The summed E-state index contributed by atoms with van der Waals surface area (Å²) >= 11 is 0. The van der Waals surface area contributed by atoms with E-state index in [9.17, 15) is 9.18 Å². The largest absolute Gasteiger partial charge is 0.457 e. The molecule has 5 nitrogen and oxygen atoms in total. The standard InChI is InChI=1S/C22H20FN3O2/c1-13(23)22(27)25-14-3-6-16(7-4-14)28-17-8-10-19-18-9-5-15(24-2)11-20(18)26-21(19)12-17/h3-13,24,26H,1-2H3,(H,25,27). The van der Waals surface area contributed by atoms with Gasteiger partial charge in [0.1, 0.15) is 11.5 Å². The van der Waals surface area contributed by atoms with Gasteiger partial charge in [-0.1, -0.05) is 6.07 Å². The molecule has 0 bridgehead atoms. The Morgan fingerprint density at radius 3 is 2.21 bits per heavy atom. The molecule has 0 aliphatic carbocycles. The molecule has 0 aliphatic heterocycles. The molecule has 6 heteroatoms. The number of halogens is 1. The van der Waals surface area contributed by atoms with Crippen LogP contribution in [0.3, 0.4) is 0 Å². The van der Waals surface area contributed by atoms with Crippen molar-refractivity contribution in [1.82, 2.24) is 4.98 Å². The second-order valence-corrected chi connectivity index (χ2v) is 6.57. The van der Waals surface area contributed by atoms with Gasteiger partial charge >= 0.3 is 0 Å². The third-order valence-corrected chi connectivity index (χ3v) is 4.58. The highest BCUT2D eigenvalue weighted by Crippen LogP contribution is 2.31. The Balaban J connectivity index is 1.56. The van der Waals surface area contributed by atoms with Gasteiger partial charge in [0.15, 0.2) is 6.17 Å².